The van der Waals surface area contributed by atoms with E-state index in [1.807, 2.05) is 0 Å². The summed E-state index contributed by atoms with van der Waals surface area (Å²) >= 11 is 0. The lowest BCUT2D eigenvalue weighted by molar-refractivity contribution is 0.632. The average Bonchev–Trinajstić information content (AvgIpc) is 2.50. The van der Waals surface area contributed by atoms with Crippen molar-refractivity contribution >= 4 is 5.57 Å². The van der Waals surface area contributed by atoms with Gasteiger partial charge in [0.25, 0.3) is 0 Å². The largest absolute Gasteiger partial charge is 0.0698 e. The summed E-state index contributed by atoms with van der Waals surface area (Å²) in [7, 11) is 0. The summed E-state index contributed by atoms with van der Waals surface area (Å²) in [6.45, 7) is 11.5. The van der Waals surface area contributed by atoms with Gasteiger partial charge in [-0.1, -0.05) is 56.2 Å². The summed E-state index contributed by atoms with van der Waals surface area (Å²) in [4.78, 5) is 0. The Morgan fingerprint density at radius 1 is 1.17 bits per heavy atom. The minimum atomic E-state index is 0.179. The Kier molecular flexibility index (Phi) is 2.35. The lowest BCUT2D eigenvalue weighted by atomic mass is 9.77. The van der Waals surface area contributed by atoms with Crippen LogP contribution in [0.25, 0.3) is 5.57 Å². The van der Waals surface area contributed by atoms with Crippen LogP contribution < -0.4 is 0 Å². The Bertz CT molecular complexity index is 582. The number of hydrogen-bond donors (Lipinski definition) is 0. The Balaban J connectivity index is 2.25. The van der Waals surface area contributed by atoms with E-state index < -0.39 is 0 Å². The van der Waals surface area contributed by atoms with Gasteiger partial charge in [-0.05, 0) is 48.5 Å². The molecule has 0 saturated heterocycles. The van der Waals surface area contributed by atoms with Crippen LogP contribution in [0.3, 0.4) is 0 Å². The van der Waals surface area contributed by atoms with E-state index in [0.29, 0.717) is 5.92 Å². The number of rotatable bonds is 0. The predicted molar refractivity (Wildman–Crippen MR) is 78.7 cm³/mol. The fraction of sp³-hybridized carbons (Fsp3) is 0.444. The first-order valence-electron chi connectivity index (χ1n) is 6.94. The maximum atomic E-state index is 2.44. The van der Waals surface area contributed by atoms with Crippen molar-refractivity contribution in [2.75, 3.05) is 0 Å². The molecular weight excluding hydrogens is 216 g/mol. The fourth-order valence-corrected chi connectivity index (χ4v) is 3.43. The second-order valence-electron chi connectivity index (χ2n) is 6.56. The molecule has 0 radical (unpaired) electrons. The highest BCUT2D eigenvalue weighted by atomic mass is 14.4. The smallest absolute Gasteiger partial charge is 0.0155 e. The second-order valence-corrected chi connectivity index (χ2v) is 6.56. The zero-order chi connectivity index (χ0) is 13.1. The molecule has 2 aliphatic rings. The second kappa shape index (κ2) is 3.60. The van der Waals surface area contributed by atoms with E-state index in [1.54, 1.807) is 11.1 Å². The van der Waals surface area contributed by atoms with Crippen LogP contribution in [0.4, 0.5) is 0 Å². The Morgan fingerprint density at radius 2 is 1.89 bits per heavy atom. The van der Waals surface area contributed by atoms with Crippen LogP contribution >= 0.6 is 0 Å². The molecule has 0 N–H and O–H groups in total. The van der Waals surface area contributed by atoms with Gasteiger partial charge in [-0.2, -0.15) is 0 Å². The van der Waals surface area contributed by atoms with Crippen molar-refractivity contribution in [1.82, 2.24) is 0 Å². The van der Waals surface area contributed by atoms with Gasteiger partial charge < -0.3 is 0 Å². The van der Waals surface area contributed by atoms with Crippen LogP contribution in [0.5, 0.6) is 0 Å². The van der Waals surface area contributed by atoms with E-state index >= 15 is 0 Å². The van der Waals surface area contributed by atoms with E-state index in [4.69, 9.17) is 0 Å². The van der Waals surface area contributed by atoms with Crippen molar-refractivity contribution in [3.8, 4) is 0 Å². The summed E-state index contributed by atoms with van der Waals surface area (Å²) in [6.07, 6.45) is 3.65. The lowest BCUT2D eigenvalue weighted by Crippen LogP contribution is -2.18. The zero-order valence-electron chi connectivity index (χ0n) is 12.1. The molecule has 3 rings (SSSR count). The number of allylic oxidation sites excluding steroid dienone is 4. The average molecular weight is 238 g/mol. The summed E-state index contributed by atoms with van der Waals surface area (Å²) < 4.78 is 0. The fourth-order valence-electron chi connectivity index (χ4n) is 3.43. The number of aryl methyl sites for hydroxylation is 1. The van der Waals surface area contributed by atoms with Gasteiger partial charge in [0.15, 0.2) is 0 Å². The molecular formula is C18H22. The number of fused-ring (bicyclic) bond motifs is 2. The van der Waals surface area contributed by atoms with Crippen molar-refractivity contribution in [2.24, 2.45) is 5.92 Å². The van der Waals surface area contributed by atoms with Crippen LogP contribution in [0.2, 0.25) is 0 Å². The van der Waals surface area contributed by atoms with E-state index in [-0.39, 0.29) is 5.41 Å². The first-order chi connectivity index (χ1) is 8.41. The molecule has 0 aliphatic heterocycles. The first-order valence-corrected chi connectivity index (χ1v) is 6.94. The van der Waals surface area contributed by atoms with Crippen molar-refractivity contribution in [3.05, 3.63) is 52.1 Å². The van der Waals surface area contributed by atoms with E-state index in [0.717, 1.165) is 0 Å². The van der Waals surface area contributed by atoms with Gasteiger partial charge in [0.2, 0.25) is 0 Å². The minimum absolute atomic E-state index is 0.179. The van der Waals surface area contributed by atoms with Crippen LogP contribution in [0.1, 0.15) is 50.8 Å². The Labute approximate surface area is 110 Å². The molecule has 1 aromatic rings. The third-order valence-corrected chi connectivity index (χ3v) is 4.83. The normalized spacial score (nSPS) is 24.7. The lowest BCUT2D eigenvalue weighted by Gasteiger charge is -2.27. The van der Waals surface area contributed by atoms with Gasteiger partial charge in [0.05, 0.1) is 0 Å². The molecule has 0 nitrogen and oxygen atoms in total. The standard InChI is InChI=1S/C18H22/c1-11-6-7-14-15-9-12(2)13(3)10-17(15)18(4,5)16(14)8-11/h6-8,10,12H,9H2,1-5H3. The van der Waals surface area contributed by atoms with Crippen LogP contribution in [0.15, 0.2) is 35.4 Å². The highest BCUT2D eigenvalue weighted by Gasteiger charge is 2.38. The van der Waals surface area contributed by atoms with Gasteiger partial charge in [-0.15, -0.1) is 0 Å². The van der Waals surface area contributed by atoms with Crippen LogP contribution in [-0.2, 0) is 5.41 Å². The van der Waals surface area contributed by atoms with Crippen LogP contribution in [-0.4, -0.2) is 0 Å². The quantitative estimate of drug-likeness (QED) is 0.595. The predicted octanol–water partition coefficient (Wildman–Crippen LogP) is 5.03. The molecule has 18 heavy (non-hydrogen) atoms. The number of hydrogen-bond acceptors (Lipinski definition) is 0. The topological polar surface area (TPSA) is 0 Å². The molecule has 0 aromatic heterocycles. The highest BCUT2D eigenvalue weighted by Crippen LogP contribution is 2.51. The molecule has 0 amide bonds. The molecule has 0 fully saturated rings. The summed E-state index contributed by atoms with van der Waals surface area (Å²) in [6, 6.07) is 6.96. The third kappa shape index (κ3) is 1.44. The minimum Gasteiger partial charge on any atom is -0.0698 e. The summed E-state index contributed by atoms with van der Waals surface area (Å²) in [5.74, 6) is 0.687. The first kappa shape index (κ1) is 11.8. The molecule has 0 spiro atoms. The monoisotopic (exact) mass is 238 g/mol. The third-order valence-electron chi connectivity index (χ3n) is 4.83. The van der Waals surface area contributed by atoms with Gasteiger partial charge in [0.1, 0.15) is 0 Å². The van der Waals surface area contributed by atoms with E-state index in [1.165, 1.54) is 28.7 Å². The molecule has 1 atom stereocenters. The summed E-state index contributed by atoms with van der Waals surface area (Å²) in [5, 5.41) is 0. The Hall–Kier alpha value is -1.30. The molecule has 0 saturated carbocycles. The molecule has 0 bridgehead atoms. The van der Waals surface area contributed by atoms with E-state index in [9.17, 15) is 0 Å². The maximum Gasteiger partial charge on any atom is 0.0155 e. The van der Waals surface area contributed by atoms with Gasteiger partial charge in [-0.25, -0.2) is 0 Å². The van der Waals surface area contributed by atoms with Gasteiger partial charge in [0, 0.05) is 5.41 Å². The molecule has 2 aliphatic carbocycles. The van der Waals surface area contributed by atoms with E-state index in [2.05, 4.69) is 58.9 Å². The van der Waals surface area contributed by atoms with Crippen molar-refractivity contribution in [3.63, 3.8) is 0 Å². The van der Waals surface area contributed by atoms with Gasteiger partial charge in [-0.3, -0.25) is 0 Å². The molecule has 1 unspecified atom stereocenters. The molecule has 94 valence electrons. The molecule has 0 heterocycles. The maximum absolute atomic E-state index is 2.44. The van der Waals surface area contributed by atoms with Crippen molar-refractivity contribution in [1.29, 1.82) is 0 Å². The zero-order valence-corrected chi connectivity index (χ0v) is 12.1. The van der Waals surface area contributed by atoms with Crippen molar-refractivity contribution < 1.29 is 0 Å². The molecule has 0 heteroatoms. The Morgan fingerprint density at radius 3 is 2.61 bits per heavy atom. The van der Waals surface area contributed by atoms with Crippen LogP contribution in [0, 0.1) is 12.8 Å². The number of benzene rings is 1. The summed E-state index contributed by atoms with van der Waals surface area (Å²) in [5.41, 5.74) is 9.24. The SMILES string of the molecule is CC1=CC2=C(CC1C)c1ccc(C)cc1C2(C)C. The van der Waals surface area contributed by atoms with Gasteiger partial charge >= 0.3 is 0 Å². The highest BCUT2D eigenvalue weighted by molar-refractivity contribution is 5.83. The van der Waals surface area contributed by atoms with Crippen molar-refractivity contribution in [2.45, 2.75) is 46.5 Å². The molecule has 1 aromatic carbocycles.